The second kappa shape index (κ2) is 9.96. The third-order valence-corrected chi connectivity index (χ3v) is 6.06. The number of nitrogens with zero attached hydrogens (tertiary/aromatic N) is 6. The molecule has 1 aromatic heterocycles. The molecule has 1 aromatic carbocycles. The van der Waals surface area contributed by atoms with Crippen LogP contribution in [0, 0.1) is 0 Å². The minimum Gasteiger partial charge on any atom is -0.352 e. The number of anilines is 1. The Hall–Kier alpha value is -2.87. The molecule has 31 heavy (non-hydrogen) atoms. The highest BCUT2D eigenvalue weighted by Crippen LogP contribution is 2.16. The molecule has 0 spiro atoms. The molecule has 8 heteroatoms. The summed E-state index contributed by atoms with van der Waals surface area (Å²) in [6.45, 7) is 5.82. The van der Waals surface area contributed by atoms with Gasteiger partial charge in [0.2, 0.25) is 5.91 Å². The highest BCUT2D eigenvalue weighted by molar-refractivity contribution is 5.98. The maximum absolute atomic E-state index is 12.7. The molecule has 0 atom stereocenters. The number of nitrogens with one attached hydrogen (secondary N) is 1. The lowest BCUT2D eigenvalue weighted by atomic mass is 10.1. The van der Waals surface area contributed by atoms with Gasteiger partial charge in [0.15, 0.2) is 5.96 Å². The van der Waals surface area contributed by atoms with Gasteiger partial charge in [0.25, 0.3) is 0 Å². The standard InChI is InChI=1S/C23H33N7O/c1-24-23(29-12-13-30(22(31)18-29)21-15-26-27(2)17-21)25-14-19-6-8-20(9-7-19)16-28-10-4-3-5-11-28/h6-9,15,17H,3-5,10-14,16,18H2,1-2H3,(H,24,25). The Morgan fingerprint density at radius 3 is 2.45 bits per heavy atom. The maximum atomic E-state index is 12.7. The average molecular weight is 424 g/mol. The average Bonchev–Trinajstić information content (AvgIpc) is 3.22. The van der Waals surface area contributed by atoms with Crippen LogP contribution >= 0.6 is 0 Å². The Labute approximate surface area is 184 Å². The molecule has 0 unspecified atom stereocenters. The highest BCUT2D eigenvalue weighted by Gasteiger charge is 2.27. The number of likely N-dealkylation sites (tertiary alicyclic amines) is 1. The second-order valence-corrected chi connectivity index (χ2v) is 8.39. The van der Waals surface area contributed by atoms with Crippen LogP contribution in [-0.2, 0) is 24.9 Å². The molecule has 2 aromatic rings. The van der Waals surface area contributed by atoms with Crippen LogP contribution in [0.3, 0.4) is 0 Å². The summed E-state index contributed by atoms with van der Waals surface area (Å²) in [5.41, 5.74) is 3.43. The first-order valence-electron chi connectivity index (χ1n) is 11.2. The molecule has 0 saturated carbocycles. The van der Waals surface area contributed by atoms with Crippen LogP contribution in [0.2, 0.25) is 0 Å². The number of aromatic nitrogens is 2. The fourth-order valence-corrected chi connectivity index (χ4v) is 4.33. The molecule has 1 N–H and O–H groups in total. The summed E-state index contributed by atoms with van der Waals surface area (Å²) >= 11 is 0. The minimum atomic E-state index is 0.0595. The van der Waals surface area contributed by atoms with Gasteiger partial charge >= 0.3 is 0 Å². The van der Waals surface area contributed by atoms with Crippen molar-refractivity contribution in [2.75, 3.05) is 44.7 Å². The van der Waals surface area contributed by atoms with Crippen molar-refractivity contribution in [1.82, 2.24) is 24.9 Å². The zero-order chi connectivity index (χ0) is 21.6. The summed E-state index contributed by atoms with van der Waals surface area (Å²) in [5, 5.41) is 7.58. The first-order valence-corrected chi connectivity index (χ1v) is 11.2. The van der Waals surface area contributed by atoms with Crippen molar-refractivity contribution >= 4 is 17.6 Å². The molecule has 8 nitrogen and oxygen atoms in total. The van der Waals surface area contributed by atoms with Crippen LogP contribution in [0.1, 0.15) is 30.4 Å². The number of piperazine rings is 1. The summed E-state index contributed by atoms with van der Waals surface area (Å²) in [6.07, 6.45) is 7.61. The normalized spacial score (nSPS) is 18.5. The molecule has 0 bridgehead atoms. The number of amides is 1. The zero-order valence-corrected chi connectivity index (χ0v) is 18.6. The third-order valence-electron chi connectivity index (χ3n) is 6.06. The van der Waals surface area contributed by atoms with Crippen molar-refractivity contribution in [2.45, 2.75) is 32.4 Å². The molecule has 0 aliphatic carbocycles. The number of aliphatic imine (C=N–C) groups is 1. The number of piperidine rings is 1. The first-order chi connectivity index (χ1) is 15.1. The summed E-state index contributed by atoms with van der Waals surface area (Å²) in [7, 11) is 3.62. The molecule has 2 saturated heterocycles. The number of aryl methyl sites for hydroxylation is 1. The van der Waals surface area contributed by atoms with Crippen LogP contribution in [0.4, 0.5) is 5.69 Å². The predicted molar refractivity (Wildman–Crippen MR) is 123 cm³/mol. The second-order valence-electron chi connectivity index (χ2n) is 8.39. The van der Waals surface area contributed by atoms with E-state index >= 15 is 0 Å². The minimum absolute atomic E-state index is 0.0595. The quantitative estimate of drug-likeness (QED) is 0.587. The third kappa shape index (κ3) is 5.44. The summed E-state index contributed by atoms with van der Waals surface area (Å²) in [4.78, 5) is 23.4. The molecule has 0 radical (unpaired) electrons. The topological polar surface area (TPSA) is 69.0 Å². The number of rotatable bonds is 5. The van der Waals surface area contributed by atoms with E-state index in [2.05, 4.69) is 44.6 Å². The van der Waals surface area contributed by atoms with Gasteiger partial charge in [-0.1, -0.05) is 30.7 Å². The van der Waals surface area contributed by atoms with E-state index in [0.717, 1.165) is 24.7 Å². The van der Waals surface area contributed by atoms with Crippen LogP contribution in [-0.4, -0.2) is 71.2 Å². The molecule has 166 valence electrons. The van der Waals surface area contributed by atoms with Crippen molar-refractivity contribution in [3.8, 4) is 0 Å². The van der Waals surface area contributed by atoms with Crippen LogP contribution in [0.5, 0.6) is 0 Å². The van der Waals surface area contributed by atoms with Gasteiger partial charge in [-0.05, 0) is 37.1 Å². The van der Waals surface area contributed by atoms with Crippen LogP contribution < -0.4 is 10.2 Å². The fourth-order valence-electron chi connectivity index (χ4n) is 4.33. The van der Waals surface area contributed by atoms with Gasteiger partial charge in [0.1, 0.15) is 6.54 Å². The van der Waals surface area contributed by atoms with Crippen molar-refractivity contribution in [3.05, 3.63) is 47.8 Å². The predicted octanol–water partition coefficient (Wildman–Crippen LogP) is 1.83. The SMILES string of the molecule is CN=C(NCc1ccc(CN2CCCCC2)cc1)N1CCN(c2cnn(C)c2)C(=O)C1. The summed E-state index contributed by atoms with van der Waals surface area (Å²) < 4.78 is 1.72. The molecule has 3 heterocycles. The lowest BCUT2D eigenvalue weighted by Crippen LogP contribution is -2.55. The van der Waals surface area contributed by atoms with Crippen molar-refractivity contribution in [3.63, 3.8) is 0 Å². The van der Waals surface area contributed by atoms with Crippen molar-refractivity contribution in [2.24, 2.45) is 12.0 Å². The number of hydrogen-bond acceptors (Lipinski definition) is 4. The Kier molecular flexibility index (Phi) is 6.86. The van der Waals surface area contributed by atoms with Gasteiger partial charge in [-0.3, -0.25) is 19.4 Å². The van der Waals surface area contributed by atoms with Gasteiger partial charge in [-0.15, -0.1) is 0 Å². The van der Waals surface area contributed by atoms with Gasteiger partial charge in [0.05, 0.1) is 11.9 Å². The summed E-state index contributed by atoms with van der Waals surface area (Å²) in [6, 6.07) is 8.82. The molecule has 2 aliphatic heterocycles. The van der Waals surface area contributed by atoms with E-state index in [9.17, 15) is 4.79 Å². The van der Waals surface area contributed by atoms with E-state index in [1.54, 1.807) is 22.8 Å². The highest BCUT2D eigenvalue weighted by atomic mass is 16.2. The number of benzene rings is 1. The van der Waals surface area contributed by atoms with E-state index < -0.39 is 0 Å². The number of carbonyl (C=O) groups excluding carboxylic acids is 1. The van der Waals surface area contributed by atoms with E-state index in [1.165, 1.54) is 43.5 Å². The Balaban J connectivity index is 1.28. The maximum Gasteiger partial charge on any atom is 0.246 e. The van der Waals surface area contributed by atoms with E-state index in [4.69, 9.17) is 0 Å². The van der Waals surface area contributed by atoms with E-state index in [-0.39, 0.29) is 5.91 Å². The Morgan fingerprint density at radius 1 is 1.06 bits per heavy atom. The smallest absolute Gasteiger partial charge is 0.246 e. The summed E-state index contributed by atoms with van der Waals surface area (Å²) in [5.74, 6) is 0.820. The van der Waals surface area contributed by atoms with Crippen molar-refractivity contribution < 1.29 is 4.79 Å². The number of hydrogen-bond donors (Lipinski definition) is 1. The van der Waals surface area contributed by atoms with E-state index in [1.807, 2.05) is 18.1 Å². The molecule has 4 rings (SSSR count). The molecule has 2 fully saturated rings. The lowest BCUT2D eigenvalue weighted by molar-refractivity contribution is -0.120. The molecule has 2 aliphatic rings. The zero-order valence-electron chi connectivity index (χ0n) is 18.6. The number of carbonyl (C=O) groups is 1. The van der Waals surface area contributed by atoms with E-state index in [0.29, 0.717) is 19.6 Å². The Bertz CT molecular complexity index is 899. The van der Waals surface area contributed by atoms with Gasteiger partial charge in [0, 0.05) is 46.5 Å². The number of guanidine groups is 1. The van der Waals surface area contributed by atoms with Crippen LogP contribution in [0.15, 0.2) is 41.7 Å². The van der Waals surface area contributed by atoms with Gasteiger partial charge in [-0.2, -0.15) is 5.10 Å². The Morgan fingerprint density at radius 2 is 1.81 bits per heavy atom. The monoisotopic (exact) mass is 423 g/mol. The molecule has 1 amide bonds. The fraction of sp³-hybridized carbons (Fsp3) is 0.522. The lowest BCUT2D eigenvalue weighted by Gasteiger charge is -2.35. The van der Waals surface area contributed by atoms with Gasteiger partial charge < -0.3 is 15.1 Å². The first kappa shape index (κ1) is 21.4. The van der Waals surface area contributed by atoms with Crippen molar-refractivity contribution in [1.29, 1.82) is 0 Å². The molecular formula is C23H33N7O. The largest absolute Gasteiger partial charge is 0.352 e. The molecular weight excluding hydrogens is 390 g/mol. The van der Waals surface area contributed by atoms with Crippen LogP contribution in [0.25, 0.3) is 0 Å². The van der Waals surface area contributed by atoms with Gasteiger partial charge in [-0.25, -0.2) is 0 Å².